The standard InChI is InChI=1S/C27H21N2O.C19H16N.Ir/c1-17-11-12-22(18(2)13-17)23-15-25(28-16-19(23)3)20-7-6-8-21(14-20)27-29-24-9-4-5-10-26(24)30-27;1-14-8-11-19(20-13-14)17-10-9-15(2)18(12-17)16-6-4-3-5-7-16;/h4-6,8-16H,1-3H3;3-9,11-13H,1-2H3;/q2*-1;/i1D3,2D3,3D3;1D3,2D3;. The molecule has 8 rings (SSSR count). The van der Waals surface area contributed by atoms with Crippen molar-refractivity contribution in [3.8, 4) is 56.2 Å². The number of aryl methyl sites for hydroxylation is 5. The van der Waals surface area contributed by atoms with Gasteiger partial charge in [-0.15, -0.1) is 59.2 Å². The van der Waals surface area contributed by atoms with Gasteiger partial charge in [-0.05, 0) is 89.9 Å². The Balaban J connectivity index is 0.000000233. The molecule has 0 saturated heterocycles. The van der Waals surface area contributed by atoms with Crippen molar-refractivity contribution in [2.24, 2.45) is 0 Å². The van der Waals surface area contributed by atoms with Crippen molar-refractivity contribution < 1.29 is 45.1 Å². The molecule has 0 atom stereocenters. The number of fused-ring (bicyclic) bond motifs is 1. The minimum atomic E-state index is -2.70. The van der Waals surface area contributed by atoms with E-state index in [1.54, 1.807) is 30.3 Å². The van der Waals surface area contributed by atoms with Crippen LogP contribution in [0.2, 0.25) is 0 Å². The average Bonchev–Trinajstić information content (AvgIpc) is 3.70. The number of benzene rings is 5. The minimum Gasteiger partial charge on any atom is -0.438 e. The number of oxazole rings is 1. The van der Waals surface area contributed by atoms with Crippen LogP contribution < -0.4 is 0 Å². The number of nitrogens with zero attached hydrogens (tertiary/aromatic N) is 3. The van der Waals surface area contributed by atoms with Gasteiger partial charge in [0.2, 0.25) is 5.89 Å². The molecule has 3 aromatic heterocycles. The smallest absolute Gasteiger partial charge is 0.208 e. The maximum Gasteiger partial charge on any atom is 0.208 e. The molecule has 0 unspecified atom stereocenters. The van der Waals surface area contributed by atoms with E-state index in [1.165, 1.54) is 42.7 Å². The van der Waals surface area contributed by atoms with E-state index in [-0.39, 0.29) is 59.0 Å². The molecule has 0 bridgehead atoms. The molecule has 5 heteroatoms. The molecule has 0 aliphatic heterocycles. The summed E-state index contributed by atoms with van der Waals surface area (Å²) in [4.78, 5) is 13.1. The number of pyridine rings is 2. The van der Waals surface area contributed by atoms with Gasteiger partial charge in [-0.1, -0.05) is 96.8 Å². The SMILES string of the molecule is [2H]C([2H])([2H])c1ccc(-c2[c-]cc(C([2H])([2H])[2H])c(-c3ccccc3)c2)nc1.[2H]C([2H])([2H])c1ccc(-c2cc(-c3[c-]ccc(-c4nc5ccccc5o4)c3)ncc2C([2H])([2H])[2H])c(C([2H])([2H])[2H])c1.[Ir]. The molecule has 0 N–H and O–H groups in total. The Morgan fingerprint density at radius 1 is 0.569 bits per heavy atom. The molecule has 0 spiro atoms. The van der Waals surface area contributed by atoms with E-state index in [0.29, 0.717) is 50.6 Å². The summed E-state index contributed by atoms with van der Waals surface area (Å²) in [6.07, 6.45) is 2.51. The fraction of sp³-hybridized carbons (Fsp3) is 0.109. The van der Waals surface area contributed by atoms with Crippen LogP contribution >= 0.6 is 0 Å². The minimum absolute atomic E-state index is 0. The Morgan fingerprint density at radius 3 is 2.14 bits per heavy atom. The summed E-state index contributed by atoms with van der Waals surface area (Å²) in [5, 5.41) is 0. The number of rotatable bonds is 5. The number of aromatic nitrogens is 3. The van der Waals surface area contributed by atoms with Gasteiger partial charge in [-0.25, -0.2) is 4.98 Å². The molecule has 1 radical (unpaired) electrons. The molecular weight excluding hydrogens is 803 g/mol. The quantitative estimate of drug-likeness (QED) is 0.162. The van der Waals surface area contributed by atoms with Crippen LogP contribution in [0.5, 0.6) is 0 Å². The third-order valence-corrected chi connectivity index (χ3v) is 7.91. The first-order valence-corrected chi connectivity index (χ1v) is 15.5. The van der Waals surface area contributed by atoms with E-state index in [2.05, 4.69) is 27.1 Å². The van der Waals surface area contributed by atoms with Crippen LogP contribution in [0.3, 0.4) is 0 Å². The number of hydrogen-bond acceptors (Lipinski definition) is 4. The second-order valence-electron chi connectivity index (χ2n) is 11.3. The zero-order valence-corrected chi connectivity index (χ0v) is 29.2. The Hall–Kier alpha value is -5.48. The largest absolute Gasteiger partial charge is 0.438 e. The van der Waals surface area contributed by atoms with Gasteiger partial charge < -0.3 is 14.4 Å². The normalized spacial score (nSPS) is 16.3. The molecule has 0 saturated carbocycles. The molecule has 0 amide bonds. The predicted molar refractivity (Wildman–Crippen MR) is 205 cm³/mol. The summed E-state index contributed by atoms with van der Waals surface area (Å²) in [5.74, 6) is 0.385. The molecule has 8 aromatic rings. The van der Waals surface area contributed by atoms with Crippen LogP contribution in [-0.2, 0) is 20.1 Å². The summed E-state index contributed by atoms with van der Waals surface area (Å²) >= 11 is 0. The summed E-state index contributed by atoms with van der Waals surface area (Å²) < 4.78 is 123. The zero-order chi connectivity index (χ0) is 47.1. The van der Waals surface area contributed by atoms with Crippen LogP contribution in [0.25, 0.3) is 67.3 Å². The molecular formula is C46H37IrN3O-2. The van der Waals surface area contributed by atoms with E-state index in [1.807, 2.05) is 54.6 Å². The predicted octanol–water partition coefficient (Wildman–Crippen LogP) is 11.8. The second kappa shape index (κ2) is 15.6. The van der Waals surface area contributed by atoms with E-state index >= 15 is 0 Å². The molecule has 4 nitrogen and oxygen atoms in total. The van der Waals surface area contributed by atoms with Gasteiger partial charge in [0.15, 0.2) is 5.58 Å². The summed E-state index contributed by atoms with van der Waals surface area (Å²) in [5.41, 5.74) is 5.33. The Labute approximate surface area is 334 Å². The third kappa shape index (κ3) is 7.97. The van der Waals surface area contributed by atoms with Gasteiger partial charge in [0.05, 0.1) is 0 Å². The third-order valence-electron chi connectivity index (χ3n) is 7.91. The Morgan fingerprint density at radius 2 is 1.35 bits per heavy atom. The summed E-state index contributed by atoms with van der Waals surface area (Å²) in [7, 11) is 0. The van der Waals surface area contributed by atoms with Gasteiger partial charge >= 0.3 is 0 Å². The summed E-state index contributed by atoms with van der Waals surface area (Å²) in [6, 6.07) is 39.3. The molecule has 0 aliphatic carbocycles. The van der Waals surface area contributed by atoms with E-state index < -0.39 is 34.3 Å². The van der Waals surface area contributed by atoms with Gasteiger partial charge in [0, 0.05) is 53.1 Å². The fourth-order valence-electron chi connectivity index (χ4n) is 5.40. The van der Waals surface area contributed by atoms with Gasteiger partial charge in [-0.2, -0.15) is 0 Å². The van der Waals surface area contributed by atoms with Crippen LogP contribution in [0, 0.1) is 46.4 Å². The summed E-state index contributed by atoms with van der Waals surface area (Å²) in [6.45, 7) is -12.3. The van der Waals surface area contributed by atoms with E-state index in [0.717, 1.165) is 11.6 Å². The molecule has 3 heterocycles. The van der Waals surface area contributed by atoms with Crippen molar-refractivity contribution in [1.82, 2.24) is 15.0 Å². The Kier molecular flexibility index (Phi) is 6.43. The first-order valence-electron chi connectivity index (χ1n) is 23.0. The van der Waals surface area contributed by atoms with E-state index in [4.69, 9.17) is 25.0 Å². The van der Waals surface area contributed by atoms with Crippen LogP contribution in [0.15, 0.2) is 138 Å². The fourth-order valence-corrected chi connectivity index (χ4v) is 5.40. The average molecular weight is 855 g/mol. The van der Waals surface area contributed by atoms with Crippen molar-refractivity contribution in [2.75, 3.05) is 0 Å². The number of para-hydroxylation sites is 2. The first kappa shape index (κ1) is 21.0. The van der Waals surface area contributed by atoms with Crippen molar-refractivity contribution >= 4 is 11.1 Å². The van der Waals surface area contributed by atoms with Crippen LogP contribution in [-0.4, -0.2) is 15.0 Å². The molecule has 253 valence electrons. The maximum atomic E-state index is 8.05. The van der Waals surface area contributed by atoms with Gasteiger partial charge in [0.25, 0.3) is 0 Å². The van der Waals surface area contributed by atoms with E-state index in [9.17, 15) is 0 Å². The monoisotopic (exact) mass is 855 g/mol. The topological polar surface area (TPSA) is 51.8 Å². The van der Waals surface area contributed by atoms with Gasteiger partial charge in [-0.3, -0.25) is 0 Å². The van der Waals surface area contributed by atoms with Gasteiger partial charge in [0.1, 0.15) is 5.52 Å². The molecule has 0 fully saturated rings. The van der Waals surface area contributed by atoms with Crippen molar-refractivity contribution in [3.05, 3.63) is 174 Å². The van der Waals surface area contributed by atoms with Crippen molar-refractivity contribution in [2.45, 2.75) is 34.3 Å². The maximum absolute atomic E-state index is 8.05. The molecule has 51 heavy (non-hydrogen) atoms. The molecule has 5 aromatic carbocycles. The molecule has 0 aliphatic rings. The van der Waals surface area contributed by atoms with Crippen LogP contribution in [0.1, 0.15) is 48.4 Å². The second-order valence-corrected chi connectivity index (χ2v) is 11.3. The Bertz CT molecular complexity index is 2940. The first-order chi connectivity index (χ1) is 30.4. The van der Waals surface area contributed by atoms with Crippen molar-refractivity contribution in [1.29, 1.82) is 0 Å². The zero-order valence-electron chi connectivity index (χ0n) is 41.8. The van der Waals surface area contributed by atoms with Crippen molar-refractivity contribution in [3.63, 3.8) is 0 Å². The number of hydrogen-bond donors (Lipinski definition) is 0. The van der Waals surface area contributed by atoms with Crippen LogP contribution in [0.4, 0.5) is 0 Å².